The van der Waals surface area contributed by atoms with Gasteiger partial charge in [0.05, 0.1) is 0 Å². The predicted octanol–water partition coefficient (Wildman–Crippen LogP) is 2.73. The maximum atomic E-state index is 12.7. The van der Waals surface area contributed by atoms with Crippen LogP contribution in [0.5, 0.6) is 11.5 Å². The lowest BCUT2D eigenvalue weighted by Crippen LogP contribution is -2.35. The number of carbonyl (C=O) groups is 3. The van der Waals surface area contributed by atoms with Crippen LogP contribution < -0.4 is 25.4 Å². The summed E-state index contributed by atoms with van der Waals surface area (Å²) in [6.07, 6.45) is 0.971. The van der Waals surface area contributed by atoms with Gasteiger partial charge in [0.1, 0.15) is 5.41 Å². The SMILES string of the molecule is CC(=O)Nc1ccc(NC(=O)C2(C(=O)Nc3ccc4c(c3)OCO4)CC2)cc1. The van der Waals surface area contributed by atoms with Crippen molar-refractivity contribution in [3.63, 3.8) is 0 Å². The predicted molar refractivity (Wildman–Crippen MR) is 102 cm³/mol. The number of carbonyl (C=O) groups excluding carboxylic acids is 3. The van der Waals surface area contributed by atoms with Crippen LogP contribution in [0, 0.1) is 5.41 Å². The molecule has 0 atom stereocenters. The molecule has 0 saturated heterocycles. The van der Waals surface area contributed by atoms with Crippen LogP contribution in [0.4, 0.5) is 17.1 Å². The van der Waals surface area contributed by atoms with Crippen molar-refractivity contribution in [2.24, 2.45) is 5.41 Å². The van der Waals surface area contributed by atoms with Gasteiger partial charge in [-0.2, -0.15) is 0 Å². The van der Waals surface area contributed by atoms with Crippen molar-refractivity contribution in [1.29, 1.82) is 0 Å². The molecule has 0 aromatic heterocycles. The van der Waals surface area contributed by atoms with Crippen LogP contribution in [0.2, 0.25) is 0 Å². The second-order valence-electron chi connectivity index (χ2n) is 6.82. The molecule has 144 valence electrons. The minimum absolute atomic E-state index is 0.153. The number of hydrogen-bond donors (Lipinski definition) is 3. The average molecular weight is 381 g/mol. The third-order valence-corrected chi connectivity index (χ3v) is 4.71. The molecule has 8 nitrogen and oxygen atoms in total. The van der Waals surface area contributed by atoms with E-state index in [1.165, 1.54) is 6.92 Å². The van der Waals surface area contributed by atoms with Gasteiger partial charge in [-0.05, 0) is 49.2 Å². The first-order valence-corrected chi connectivity index (χ1v) is 8.86. The van der Waals surface area contributed by atoms with E-state index in [2.05, 4.69) is 16.0 Å². The molecule has 0 bridgehead atoms. The average Bonchev–Trinajstić information content (AvgIpc) is 3.35. The van der Waals surface area contributed by atoms with Crippen LogP contribution in [0.3, 0.4) is 0 Å². The molecule has 0 unspecified atom stereocenters. The summed E-state index contributed by atoms with van der Waals surface area (Å²) in [5.74, 6) is 0.316. The van der Waals surface area contributed by atoms with Gasteiger partial charge in [0, 0.05) is 30.1 Å². The highest BCUT2D eigenvalue weighted by atomic mass is 16.7. The number of anilines is 3. The lowest BCUT2D eigenvalue weighted by Gasteiger charge is -2.16. The Hall–Kier alpha value is -3.55. The molecule has 3 N–H and O–H groups in total. The second kappa shape index (κ2) is 6.88. The van der Waals surface area contributed by atoms with E-state index in [-0.39, 0.29) is 24.5 Å². The monoisotopic (exact) mass is 381 g/mol. The number of benzene rings is 2. The number of fused-ring (bicyclic) bond motifs is 1. The topological polar surface area (TPSA) is 106 Å². The van der Waals surface area contributed by atoms with Crippen LogP contribution in [0.1, 0.15) is 19.8 Å². The Morgan fingerprint density at radius 3 is 1.93 bits per heavy atom. The lowest BCUT2D eigenvalue weighted by atomic mass is 10.0. The summed E-state index contributed by atoms with van der Waals surface area (Å²) in [5, 5.41) is 8.22. The smallest absolute Gasteiger partial charge is 0.240 e. The molecule has 1 fully saturated rings. The van der Waals surface area contributed by atoms with Crippen molar-refractivity contribution in [2.45, 2.75) is 19.8 Å². The summed E-state index contributed by atoms with van der Waals surface area (Å²) in [4.78, 5) is 36.5. The molecular formula is C20H19N3O5. The minimum Gasteiger partial charge on any atom is -0.454 e. The summed E-state index contributed by atoms with van der Waals surface area (Å²) in [7, 11) is 0. The number of ether oxygens (including phenoxy) is 2. The van der Waals surface area contributed by atoms with E-state index in [1.54, 1.807) is 42.5 Å². The Balaban J connectivity index is 1.41. The van der Waals surface area contributed by atoms with Gasteiger partial charge < -0.3 is 25.4 Å². The molecule has 0 spiro atoms. The maximum Gasteiger partial charge on any atom is 0.240 e. The number of hydrogen-bond acceptors (Lipinski definition) is 5. The van der Waals surface area contributed by atoms with Gasteiger partial charge in [0.25, 0.3) is 0 Å². The molecule has 1 saturated carbocycles. The third-order valence-electron chi connectivity index (χ3n) is 4.71. The second-order valence-corrected chi connectivity index (χ2v) is 6.82. The first kappa shape index (κ1) is 17.8. The lowest BCUT2D eigenvalue weighted by molar-refractivity contribution is -0.131. The Morgan fingerprint density at radius 2 is 1.32 bits per heavy atom. The Bertz CT molecular complexity index is 951. The Morgan fingerprint density at radius 1 is 0.786 bits per heavy atom. The van der Waals surface area contributed by atoms with E-state index in [4.69, 9.17) is 9.47 Å². The third kappa shape index (κ3) is 3.48. The molecule has 1 heterocycles. The van der Waals surface area contributed by atoms with Crippen LogP contribution in [-0.4, -0.2) is 24.5 Å². The van der Waals surface area contributed by atoms with Crippen molar-refractivity contribution in [1.82, 2.24) is 0 Å². The van der Waals surface area contributed by atoms with E-state index < -0.39 is 5.41 Å². The molecule has 2 aromatic carbocycles. The van der Waals surface area contributed by atoms with Gasteiger partial charge in [-0.1, -0.05) is 0 Å². The van der Waals surface area contributed by atoms with E-state index in [9.17, 15) is 14.4 Å². The molecule has 1 aliphatic carbocycles. The summed E-state index contributed by atoms with van der Waals surface area (Å²) in [5.41, 5.74) is 0.661. The highest BCUT2D eigenvalue weighted by molar-refractivity contribution is 6.17. The molecule has 28 heavy (non-hydrogen) atoms. The fraction of sp³-hybridized carbons (Fsp3) is 0.250. The van der Waals surface area contributed by atoms with Gasteiger partial charge >= 0.3 is 0 Å². The van der Waals surface area contributed by atoms with E-state index in [1.807, 2.05) is 0 Å². The van der Waals surface area contributed by atoms with Crippen LogP contribution in [0.15, 0.2) is 42.5 Å². The summed E-state index contributed by atoms with van der Waals surface area (Å²) < 4.78 is 10.6. The number of amides is 3. The number of rotatable bonds is 5. The summed E-state index contributed by atoms with van der Waals surface area (Å²) >= 11 is 0. The maximum absolute atomic E-state index is 12.7. The molecular weight excluding hydrogens is 362 g/mol. The zero-order valence-electron chi connectivity index (χ0n) is 15.2. The van der Waals surface area contributed by atoms with Gasteiger partial charge in [-0.25, -0.2) is 0 Å². The van der Waals surface area contributed by atoms with Crippen LogP contribution in [-0.2, 0) is 14.4 Å². The first-order valence-electron chi connectivity index (χ1n) is 8.86. The van der Waals surface area contributed by atoms with Gasteiger partial charge in [0.2, 0.25) is 24.5 Å². The summed E-state index contributed by atoms with van der Waals surface area (Å²) in [6, 6.07) is 11.8. The van der Waals surface area contributed by atoms with Gasteiger partial charge in [0.15, 0.2) is 11.5 Å². The van der Waals surface area contributed by atoms with Gasteiger partial charge in [-0.15, -0.1) is 0 Å². The molecule has 8 heteroatoms. The first-order chi connectivity index (χ1) is 13.5. The Kier molecular flexibility index (Phi) is 4.38. The normalized spacial score (nSPS) is 15.5. The zero-order valence-corrected chi connectivity index (χ0v) is 15.2. The molecule has 3 amide bonds. The Labute approximate surface area is 161 Å². The van der Waals surface area contributed by atoms with Crippen molar-refractivity contribution in [3.05, 3.63) is 42.5 Å². The van der Waals surface area contributed by atoms with E-state index in [0.29, 0.717) is 41.4 Å². The van der Waals surface area contributed by atoms with Crippen molar-refractivity contribution in [2.75, 3.05) is 22.7 Å². The zero-order chi connectivity index (χ0) is 19.7. The van der Waals surface area contributed by atoms with Crippen molar-refractivity contribution in [3.8, 4) is 11.5 Å². The highest BCUT2D eigenvalue weighted by Crippen LogP contribution is 2.48. The molecule has 2 aliphatic rings. The van der Waals surface area contributed by atoms with E-state index >= 15 is 0 Å². The fourth-order valence-electron chi connectivity index (χ4n) is 3.00. The molecule has 1 aliphatic heterocycles. The molecule has 4 rings (SSSR count). The quantitative estimate of drug-likeness (QED) is 0.691. The van der Waals surface area contributed by atoms with Crippen LogP contribution in [0.25, 0.3) is 0 Å². The van der Waals surface area contributed by atoms with Crippen molar-refractivity contribution < 1.29 is 23.9 Å². The molecule has 0 radical (unpaired) electrons. The van der Waals surface area contributed by atoms with Crippen LogP contribution >= 0.6 is 0 Å². The van der Waals surface area contributed by atoms with E-state index in [0.717, 1.165) is 0 Å². The standard InChI is InChI=1S/C20H19N3O5/c1-12(24)21-13-2-4-14(5-3-13)22-18(25)20(8-9-20)19(26)23-15-6-7-16-17(10-15)28-11-27-16/h2-7,10H,8-9,11H2,1H3,(H,21,24)(H,22,25)(H,23,26). The largest absolute Gasteiger partial charge is 0.454 e. The number of nitrogens with one attached hydrogen (secondary N) is 3. The summed E-state index contributed by atoms with van der Waals surface area (Å²) in [6.45, 7) is 1.57. The molecule has 2 aromatic rings. The van der Waals surface area contributed by atoms with Crippen molar-refractivity contribution >= 4 is 34.8 Å². The highest BCUT2D eigenvalue weighted by Gasteiger charge is 2.56. The fourth-order valence-corrected chi connectivity index (χ4v) is 3.00. The minimum atomic E-state index is -1.08. The van der Waals surface area contributed by atoms with Gasteiger partial charge in [-0.3, -0.25) is 14.4 Å².